The Kier molecular flexibility index (Phi) is 2.49. The summed E-state index contributed by atoms with van der Waals surface area (Å²) < 4.78 is 25.7. The van der Waals surface area contributed by atoms with Crippen LogP contribution in [0.5, 0.6) is 0 Å². The first-order valence-electron chi connectivity index (χ1n) is 4.10. The van der Waals surface area contributed by atoms with E-state index in [-0.39, 0.29) is 5.56 Å². The van der Waals surface area contributed by atoms with Gasteiger partial charge < -0.3 is 0 Å². The molecule has 0 aliphatic carbocycles. The quantitative estimate of drug-likeness (QED) is 0.701. The number of halogens is 2. The molecule has 4 nitrogen and oxygen atoms in total. The molecule has 0 bridgehead atoms. The number of aromatic nitrogens is 3. The van der Waals surface area contributed by atoms with Crippen molar-refractivity contribution in [3.63, 3.8) is 0 Å². The van der Waals surface area contributed by atoms with E-state index in [9.17, 15) is 8.78 Å². The molecule has 15 heavy (non-hydrogen) atoms. The van der Waals surface area contributed by atoms with Gasteiger partial charge in [-0.3, -0.25) is 0 Å². The van der Waals surface area contributed by atoms with Crippen LogP contribution in [-0.4, -0.2) is 21.1 Å². The van der Waals surface area contributed by atoms with Gasteiger partial charge in [-0.15, -0.1) is 9.89 Å². The summed E-state index contributed by atoms with van der Waals surface area (Å²) in [5, 5.41) is 7.47. The second-order valence-electron chi connectivity index (χ2n) is 2.73. The summed E-state index contributed by atoms with van der Waals surface area (Å²) in [5.41, 5.74) is 0.187. The van der Waals surface area contributed by atoms with Crippen LogP contribution in [0.1, 0.15) is 5.56 Å². The summed E-state index contributed by atoms with van der Waals surface area (Å²) in [6.07, 6.45) is 3.90. The van der Waals surface area contributed by atoms with Gasteiger partial charge in [0.2, 0.25) is 0 Å². The molecule has 6 heteroatoms. The van der Waals surface area contributed by atoms with Gasteiger partial charge >= 0.3 is 0 Å². The summed E-state index contributed by atoms with van der Waals surface area (Å²) in [5.74, 6) is -1.29. The monoisotopic (exact) mass is 208 g/mol. The van der Waals surface area contributed by atoms with Gasteiger partial charge in [0.25, 0.3) is 0 Å². The lowest BCUT2D eigenvalue weighted by Crippen LogP contribution is -1.94. The predicted octanol–water partition coefficient (Wildman–Crippen LogP) is 1.44. The van der Waals surface area contributed by atoms with Gasteiger partial charge in [-0.1, -0.05) is 0 Å². The molecule has 0 saturated heterocycles. The molecule has 0 radical (unpaired) electrons. The van der Waals surface area contributed by atoms with E-state index in [0.29, 0.717) is 0 Å². The molecule has 0 atom stereocenters. The summed E-state index contributed by atoms with van der Waals surface area (Å²) in [6, 6.07) is 3.25. The lowest BCUT2D eigenvalue weighted by molar-refractivity contribution is 0.582. The van der Waals surface area contributed by atoms with Gasteiger partial charge in [0.1, 0.15) is 24.3 Å². The smallest absolute Gasteiger partial charge is 0.139 e. The molecular formula is C9H6F2N4. The van der Waals surface area contributed by atoms with Crippen molar-refractivity contribution in [3.05, 3.63) is 48.1 Å². The normalized spacial score (nSPS) is 11.1. The SMILES string of the molecule is Fc1ccc(C=Nn2cncn2)c(F)c1. The molecule has 0 N–H and O–H groups in total. The molecule has 0 aliphatic rings. The number of nitrogens with zero attached hydrogens (tertiary/aromatic N) is 4. The average Bonchev–Trinajstić information content (AvgIpc) is 2.69. The van der Waals surface area contributed by atoms with Crippen LogP contribution in [0.2, 0.25) is 0 Å². The minimum absolute atomic E-state index is 0.187. The topological polar surface area (TPSA) is 43.1 Å². The van der Waals surface area contributed by atoms with E-state index in [2.05, 4.69) is 15.2 Å². The van der Waals surface area contributed by atoms with E-state index in [0.717, 1.165) is 12.1 Å². The van der Waals surface area contributed by atoms with Crippen molar-refractivity contribution in [1.29, 1.82) is 0 Å². The van der Waals surface area contributed by atoms with Crippen LogP contribution in [0.25, 0.3) is 0 Å². The van der Waals surface area contributed by atoms with E-state index in [4.69, 9.17) is 0 Å². The molecule has 1 aromatic carbocycles. The zero-order valence-corrected chi connectivity index (χ0v) is 7.51. The number of benzene rings is 1. The largest absolute Gasteiger partial charge is 0.221 e. The van der Waals surface area contributed by atoms with E-state index in [1.807, 2.05) is 0 Å². The Labute approximate surface area is 83.9 Å². The van der Waals surface area contributed by atoms with Crippen molar-refractivity contribution >= 4 is 6.21 Å². The second kappa shape index (κ2) is 3.95. The van der Waals surface area contributed by atoms with E-state index < -0.39 is 11.6 Å². The van der Waals surface area contributed by atoms with Crippen LogP contribution in [0.4, 0.5) is 8.78 Å². The molecular weight excluding hydrogens is 202 g/mol. The van der Waals surface area contributed by atoms with Crippen LogP contribution in [0.15, 0.2) is 36.0 Å². The zero-order chi connectivity index (χ0) is 10.7. The summed E-state index contributed by atoms with van der Waals surface area (Å²) >= 11 is 0. The van der Waals surface area contributed by atoms with Crippen LogP contribution >= 0.6 is 0 Å². The minimum Gasteiger partial charge on any atom is -0.221 e. The highest BCUT2D eigenvalue weighted by atomic mass is 19.1. The third-order valence-corrected chi connectivity index (χ3v) is 1.68. The van der Waals surface area contributed by atoms with Gasteiger partial charge in [-0.2, -0.15) is 5.10 Å². The Balaban J connectivity index is 2.24. The van der Waals surface area contributed by atoms with Crippen molar-refractivity contribution in [2.45, 2.75) is 0 Å². The van der Waals surface area contributed by atoms with E-state index >= 15 is 0 Å². The molecule has 2 aromatic rings. The molecule has 1 aromatic heterocycles. The highest BCUT2D eigenvalue weighted by molar-refractivity contribution is 5.79. The highest BCUT2D eigenvalue weighted by Gasteiger charge is 2.00. The predicted molar refractivity (Wildman–Crippen MR) is 49.4 cm³/mol. The van der Waals surface area contributed by atoms with Crippen LogP contribution in [0.3, 0.4) is 0 Å². The van der Waals surface area contributed by atoms with Crippen LogP contribution < -0.4 is 0 Å². The summed E-state index contributed by atoms with van der Waals surface area (Å²) in [7, 11) is 0. The fourth-order valence-electron chi connectivity index (χ4n) is 0.989. The van der Waals surface area contributed by atoms with Gasteiger partial charge in [-0.25, -0.2) is 13.8 Å². The Morgan fingerprint density at radius 3 is 2.87 bits per heavy atom. The van der Waals surface area contributed by atoms with Crippen molar-refractivity contribution in [1.82, 2.24) is 14.9 Å². The first-order chi connectivity index (χ1) is 7.25. The van der Waals surface area contributed by atoms with Gasteiger partial charge in [0.05, 0.1) is 6.21 Å². The standard InChI is InChI=1S/C9H6F2N4/c10-8-2-1-7(9(11)3-8)4-13-15-6-12-5-14-15/h1-6H. The fourth-order valence-corrected chi connectivity index (χ4v) is 0.989. The molecule has 76 valence electrons. The minimum atomic E-state index is -0.668. The molecule has 1 heterocycles. The Bertz CT molecular complexity index is 479. The van der Waals surface area contributed by atoms with E-state index in [1.54, 1.807) is 0 Å². The first-order valence-corrected chi connectivity index (χ1v) is 4.10. The maximum absolute atomic E-state index is 13.1. The second-order valence-corrected chi connectivity index (χ2v) is 2.73. The maximum Gasteiger partial charge on any atom is 0.139 e. The number of rotatable bonds is 2. The third kappa shape index (κ3) is 2.22. The fraction of sp³-hybridized carbons (Fsp3) is 0. The Morgan fingerprint density at radius 1 is 1.33 bits per heavy atom. The highest BCUT2D eigenvalue weighted by Crippen LogP contribution is 2.06. The zero-order valence-electron chi connectivity index (χ0n) is 7.51. The Hall–Kier alpha value is -2.11. The molecule has 0 unspecified atom stereocenters. The maximum atomic E-state index is 13.1. The molecule has 0 aliphatic heterocycles. The van der Waals surface area contributed by atoms with Crippen molar-refractivity contribution in [2.24, 2.45) is 5.10 Å². The van der Waals surface area contributed by atoms with Gasteiger partial charge in [-0.05, 0) is 12.1 Å². The lowest BCUT2D eigenvalue weighted by Gasteiger charge is -1.95. The van der Waals surface area contributed by atoms with Crippen LogP contribution in [0, 0.1) is 11.6 Å². The van der Waals surface area contributed by atoms with E-state index in [1.165, 1.54) is 29.7 Å². The number of hydrogen-bond acceptors (Lipinski definition) is 3. The lowest BCUT2D eigenvalue weighted by atomic mass is 10.2. The Morgan fingerprint density at radius 2 is 2.20 bits per heavy atom. The van der Waals surface area contributed by atoms with Gasteiger partial charge in [0, 0.05) is 11.6 Å². The van der Waals surface area contributed by atoms with Gasteiger partial charge in [0.15, 0.2) is 0 Å². The molecule has 0 saturated carbocycles. The first kappa shape index (κ1) is 9.45. The number of hydrogen-bond donors (Lipinski definition) is 0. The average molecular weight is 208 g/mol. The molecule has 0 amide bonds. The molecule has 0 fully saturated rings. The summed E-state index contributed by atoms with van der Waals surface area (Å²) in [4.78, 5) is 4.82. The third-order valence-electron chi connectivity index (χ3n) is 1.68. The molecule has 2 rings (SSSR count). The van der Waals surface area contributed by atoms with Crippen molar-refractivity contribution in [2.75, 3.05) is 0 Å². The summed E-state index contributed by atoms with van der Waals surface area (Å²) in [6.45, 7) is 0. The molecule has 0 spiro atoms. The van der Waals surface area contributed by atoms with Crippen molar-refractivity contribution < 1.29 is 8.78 Å². The van der Waals surface area contributed by atoms with Crippen LogP contribution in [-0.2, 0) is 0 Å². The van der Waals surface area contributed by atoms with Crippen molar-refractivity contribution in [3.8, 4) is 0 Å².